The average molecular weight is 191 g/mol. The molecule has 2 N–H and O–H groups in total. The maximum atomic E-state index is 9.39. The summed E-state index contributed by atoms with van der Waals surface area (Å²) in [5, 5.41) is 12.8. The number of fused-ring (bicyclic) bond motifs is 1. The third-order valence-electron chi connectivity index (χ3n) is 3.01. The second kappa shape index (κ2) is 3.52. The SMILES string of the molecule is CC[C@@H]1C[C@H](C)Nc2cc(O)ccc21. The lowest BCUT2D eigenvalue weighted by Crippen LogP contribution is -2.24. The monoisotopic (exact) mass is 191 g/mol. The molecule has 1 aromatic carbocycles. The smallest absolute Gasteiger partial charge is 0.117 e. The maximum absolute atomic E-state index is 9.39. The molecule has 2 atom stereocenters. The van der Waals surface area contributed by atoms with Gasteiger partial charge in [-0.2, -0.15) is 0 Å². The minimum Gasteiger partial charge on any atom is -0.508 e. The molecular formula is C12H17NO. The largest absolute Gasteiger partial charge is 0.508 e. The highest BCUT2D eigenvalue weighted by Crippen LogP contribution is 2.37. The molecular weight excluding hydrogens is 174 g/mol. The van der Waals surface area contributed by atoms with Gasteiger partial charge in [-0.3, -0.25) is 0 Å². The van der Waals surface area contributed by atoms with Crippen molar-refractivity contribution in [1.29, 1.82) is 0 Å². The van der Waals surface area contributed by atoms with Crippen molar-refractivity contribution in [1.82, 2.24) is 0 Å². The van der Waals surface area contributed by atoms with Crippen LogP contribution in [0, 0.1) is 0 Å². The van der Waals surface area contributed by atoms with Gasteiger partial charge in [0.15, 0.2) is 0 Å². The zero-order valence-electron chi connectivity index (χ0n) is 8.75. The Morgan fingerprint density at radius 3 is 3.00 bits per heavy atom. The summed E-state index contributed by atoms with van der Waals surface area (Å²) in [7, 11) is 0. The second-order valence-electron chi connectivity index (χ2n) is 4.16. The Morgan fingerprint density at radius 2 is 2.29 bits per heavy atom. The summed E-state index contributed by atoms with van der Waals surface area (Å²) >= 11 is 0. The van der Waals surface area contributed by atoms with Crippen LogP contribution in [-0.2, 0) is 0 Å². The van der Waals surface area contributed by atoms with E-state index in [1.165, 1.54) is 18.4 Å². The number of hydrogen-bond donors (Lipinski definition) is 2. The summed E-state index contributed by atoms with van der Waals surface area (Å²) < 4.78 is 0. The van der Waals surface area contributed by atoms with Crippen LogP contribution in [0.3, 0.4) is 0 Å². The summed E-state index contributed by atoms with van der Waals surface area (Å²) in [5.74, 6) is 0.988. The fourth-order valence-corrected chi connectivity index (χ4v) is 2.29. The Bertz CT molecular complexity index is 335. The van der Waals surface area contributed by atoms with Crippen LogP contribution in [0.5, 0.6) is 5.75 Å². The summed E-state index contributed by atoms with van der Waals surface area (Å²) in [5.41, 5.74) is 2.46. The predicted octanol–water partition coefficient (Wildman–Crippen LogP) is 3.09. The van der Waals surface area contributed by atoms with Gasteiger partial charge in [-0.05, 0) is 37.3 Å². The number of nitrogens with one attached hydrogen (secondary N) is 1. The van der Waals surface area contributed by atoms with Crippen molar-refractivity contribution >= 4 is 5.69 Å². The number of phenols is 1. The van der Waals surface area contributed by atoms with Gasteiger partial charge in [-0.1, -0.05) is 13.0 Å². The van der Waals surface area contributed by atoms with E-state index in [4.69, 9.17) is 0 Å². The lowest BCUT2D eigenvalue weighted by Gasteiger charge is -2.30. The Labute approximate surface area is 85.0 Å². The van der Waals surface area contributed by atoms with Crippen LogP contribution in [0.2, 0.25) is 0 Å². The highest BCUT2D eigenvalue weighted by atomic mass is 16.3. The molecule has 1 heterocycles. The van der Waals surface area contributed by atoms with Crippen LogP contribution >= 0.6 is 0 Å². The van der Waals surface area contributed by atoms with Gasteiger partial charge >= 0.3 is 0 Å². The average Bonchev–Trinajstić information content (AvgIpc) is 2.15. The first-order valence-electron chi connectivity index (χ1n) is 5.30. The molecule has 1 aromatic rings. The standard InChI is InChI=1S/C12H17NO/c1-3-9-6-8(2)13-12-7-10(14)4-5-11(9)12/h4-5,7-9,13-14H,3,6H2,1-2H3/t8-,9+/m0/s1. The lowest BCUT2D eigenvalue weighted by atomic mass is 9.86. The van der Waals surface area contributed by atoms with Crippen molar-refractivity contribution in [3.05, 3.63) is 23.8 Å². The molecule has 0 radical (unpaired) electrons. The van der Waals surface area contributed by atoms with E-state index in [0.717, 1.165) is 5.69 Å². The van der Waals surface area contributed by atoms with Gasteiger partial charge in [-0.15, -0.1) is 0 Å². The first-order chi connectivity index (χ1) is 6.70. The van der Waals surface area contributed by atoms with E-state index in [9.17, 15) is 5.11 Å². The van der Waals surface area contributed by atoms with E-state index in [1.54, 1.807) is 6.07 Å². The van der Waals surface area contributed by atoms with Crippen LogP contribution in [0.4, 0.5) is 5.69 Å². The number of anilines is 1. The van der Waals surface area contributed by atoms with Crippen LogP contribution in [-0.4, -0.2) is 11.1 Å². The van der Waals surface area contributed by atoms with Gasteiger partial charge in [0.25, 0.3) is 0 Å². The van der Waals surface area contributed by atoms with E-state index in [2.05, 4.69) is 19.2 Å². The van der Waals surface area contributed by atoms with Crippen molar-refractivity contribution < 1.29 is 5.11 Å². The molecule has 0 aromatic heterocycles. The molecule has 0 fully saturated rings. The van der Waals surface area contributed by atoms with E-state index in [0.29, 0.717) is 17.7 Å². The Kier molecular flexibility index (Phi) is 2.36. The Balaban J connectivity index is 2.40. The molecule has 0 spiro atoms. The third kappa shape index (κ3) is 1.57. The van der Waals surface area contributed by atoms with Crippen molar-refractivity contribution in [3.8, 4) is 5.75 Å². The molecule has 0 saturated heterocycles. The van der Waals surface area contributed by atoms with Crippen LogP contribution in [0.15, 0.2) is 18.2 Å². The van der Waals surface area contributed by atoms with Crippen molar-refractivity contribution in [2.75, 3.05) is 5.32 Å². The summed E-state index contributed by atoms with van der Waals surface area (Å²) in [4.78, 5) is 0. The normalized spacial score (nSPS) is 25.3. The highest BCUT2D eigenvalue weighted by Gasteiger charge is 2.22. The molecule has 0 unspecified atom stereocenters. The number of benzene rings is 1. The molecule has 0 aliphatic carbocycles. The van der Waals surface area contributed by atoms with Crippen molar-refractivity contribution in [2.24, 2.45) is 0 Å². The Hall–Kier alpha value is -1.18. The summed E-state index contributed by atoms with van der Waals surface area (Å²) in [6.07, 6.45) is 2.36. The molecule has 1 aliphatic heterocycles. The van der Waals surface area contributed by atoms with Gasteiger partial charge in [0.1, 0.15) is 5.75 Å². The maximum Gasteiger partial charge on any atom is 0.117 e. The fraction of sp³-hybridized carbons (Fsp3) is 0.500. The molecule has 76 valence electrons. The quantitative estimate of drug-likeness (QED) is 0.715. The van der Waals surface area contributed by atoms with E-state index >= 15 is 0 Å². The van der Waals surface area contributed by atoms with E-state index in [-0.39, 0.29) is 0 Å². The molecule has 2 nitrogen and oxygen atoms in total. The summed E-state index contributed by atoms with van der Waals surface area (Å²) in [6.45, 7) is 4.41. The molecule has 2 rings (SSSR count). The fourth-order valence-electron chi connectivity index (χ4n) is 2.29. The molecule has 14 heavy (non-hydrogen) atoms. The van der Waals surface area contributed by atoms with Gasteiger partial charge in [0.2, 0.25) is 0 Å². The number of hydrogen-bond acceptors (Lipinski definition) is 2. The van der Waals surface area contributed by atoms with Crippen LogP contribution < -0.4 is 5.32 Å². The highest BCUT2D eigenvalue weighted by molar-refractivity contribution is 5.58. The van der Waals surface area contributed by atoms with Crippen LogP contribution in [0.25, 0.3) is 0 Å². The minimum atomic E-state index is 0.347. The number of rotatable bonds is 1. The number of phenolic OH excluding ortho intramolecular Hbond substituents is 1. The zero-order chi connectivity index (χ0) is 10.1. The second-order valence-corrected chi connectivity index (χ2v) is 4.16. The topological polar surface area (TPSA) is 32.3 Å². The minimum absolute atomic E-state index is 0.347. The molecule has 2 heteroatoms. The summed E-state index contributed by atoms with van der Waals surface area (Å²) in [6, 6.07) is 6.15. The lowest BCUT2D eigenvalue weighted by molar-refractivity contribution is 0.473. The van der Waals surface area contributed by atoms with E-state index < -0.39 is 0 Å². The van der Waals surface area contributed by atoms with Crippen molar-refractivity contribution in [2.45, 2.75) is 38.6 Å². The molecule has 0 amide bonds. The van der Waals surface area contributed by atoms with Crippen LogP contribution in [0.1, 0.15) is 38.2 Å². The molecule has 0 saturated carbocycles. The molecule has 0 bridgehead atoms. The van der Waals surface area contributed by atoms with Gasteiger partial charge in [-0.25, -0.2) is 0 Å². The third-order valence-corrected chi connectivity index (χ3v) is 3.01. The molecule has 1 aliphatic rings. The zero-order valence-corrected chi connectivity index (χ0v) is 8.75. The van der Waals surface area contributed by atoms with Crippen molar-refractivity contribution in [3.63, 3.8) is 0 Å². The van der Waals surface area contributed by atoms with Gasteiger partial charge < -0.3 is 10.4 Å². The van der Waals surface area contributed by atoms with E-state index in [1.807, 2.05) is 12.1 Å². The van der Waals surface area contributed by atoms with Gasteiger partial charge in [0.05, 0.1) is 0 Å². The predicted molar refractivity (Wildman–Crippen MR) is 58.8 cm³/mol. The number of aromatic hydroxyl groups is 1. The Morgan fingerprint density at radius 1 is 1.50 bits per heavy atom. The van der Waals surface area contributed by atoms with Gasteiger partial charge in [0, 0.05) is 17.8 Å². The first kappa shape index (κ1) is 9.38. The first-order valence-corrected chi connectivity index (χ1v) is 5.30.